The van der Waals surface area contributed by atoms with E-state index in [0.29, 0.717) is 32.5 Å². The summed E-state index contributed by atoms with van der Waals surface area (Å²) in [6, 6.07) is 24.7. The number of pyridine rings is 1. The molecule has 0 unspecified atom stereocenters. The minimum atomic E-state index is -3.86. The van der Waals surface area contributed by atoms with E-state index < -0.39 is 21.8 Å². The van der Waals surface area contributed by atoms with E-state index in [-0.39, 0.29) is 24.5 Å². The smallest absolute Gasteiger partial charge is 0.261 e. The van der Waals surface area contributed by atoms with Crippen LogP contribution in [0.25, 0.3) is 21.7 Å². The number of rotatable bonds is 8. The lowest BCUT2D eigenvalue weighted by atomic mass is 10.1. The number of sulfonamides is 1. The second-order valence-electron chi connectivity index (χ2n) is 9.33. The molecule has 200 valence electrons. The number of carbonyl (C=O) groups is 2. The standard InChI is InChI=1S/C30H23N3O5S2/c34-28-21-11-2-1-10-20(21)24(18-26(28)39-25-14-5-8-19-9-6-15-31-27(19)25)32-40(37,38)17-7-16-33-29(35)22-12-3-4-13-23(22)30(33)36/h1-6,8-15,18,32,34H,7,16-17H2. The number of aromatic hydroxyl groups is 1. The summed E-state index contributed by atoms with van der Waals surface area (Å²) in [6.45, 7) is -0.0151. The fourth-order valence-corrected chi connectivity index (χ4v) is 7.00. The maximum absolute atomic E-state index is 13.1. The van der Waals surface area contributed by atoms with Crippen molar-refractivity contribution in [3.63, 3.8) is 0 Å². The molecule has 4 aromatic carbocycles. The van der Waals surface area contributed by atoms with E-state index in [2.05, 4.69) is 9.71 Å². The average molecular weight is 570 g/mol. The molecular formula is C30H23N3O5S2. The number of fused-ring (bicyclic) bond motifs is 3. The molecule has 1 aromatic heterocycles. The summed E-state index contributed by atoms with van der Waals surface area (Å²) in [4.78, 5) is 32.1. The number of nitrogens with one attached hydrogen (secondary N) is 1. The van der Waals surface area contributed by atoms with Crippen molar-refractivity contribution in [2.45, 2.75) is 16.2 Å². The summed E-state index contributed by atoms with van der Waals surface area (Å²) in [6.07, 6.45) is 1.77. The number of aromatic nitrogens is 1. The first-order chi connectivity index (χ1) is 19.3. The number of anilines is 1. The Hall–Kier alpha value is -4.41. The highest BCUT2D eigenvalue weighted by Gasteiger charge is 2.34. The van der Waals surface area contributed by atoms with Crippen LogP contribution in [0.3, 0.4) is 0 Å². The van der Waals surface area contributed by atoms with E-state index in [0.717, 1.165) is 20.7 Å². The van der Waals surface area contributed by atoms with Crippen LogP contribution in [0.4, 0.5) is 5.69 Å². The molecule has 0 spiro atoms. The first-order valence-corrected chi connectivity index (χ1v) is 15.0. The molecule has 0 aliphatic carbocycles. The lowest BCUT2D eigenvalue weighted by Crippen LogP contribution is -2.32. The van der Waals surface area contributed by atoms with E-state index in [1.165, 1.54) is 11.8 Å². The van der Waals surface area contributed by atoms with Gasteiger partial charge < -0.3 is 5.11 Å². The van der Waals surface area contributed by atoms with E-state index >= 15 is 0 Å². The van der Waals surface area contributed by atoms with Crippen LogP contribution >= 0.6 is 11.8 Å². The van der Waals surface area contributed by atoms with Crippen LogP contribution in [0.1, 0.15) is 27.1 Å². The number of amides is 2. The zero-order valence-electron chi connectivity index (χ0n) is 21.1. The van der Waals surface area contributed by atoms with Crippen LogP contribution < -0.4 is 4.72 Å². The molecule has 2 heterocycles. The molecule has 0 saturated heterocycles. The minimum Gasteiger partial charge on any atom is -0.506 e. The highest BCUT2D eigenvalue weighted by Crippen LogP contribution is 2.44. The first kappa shape index (κ1) is 25.8. The number of phenols is 1. The molecular weight excluding hydrogens is 546 g/mol. The SMILES string of the molecule is O=C1c2ccccc2C(=O)N1CCCS(=O)(=O)Nc1cc(Sc2cccc3cccnc23)c(O)c2ccccc12. The van der Waals surface area contributed by atoms with Crippen LogP contribution in [0, 0.1) is 0 Å². The average Bonchev–Trinajstić information content (AvgIpc) is 3.20. The Morgan fingerprint density at radius 3 is 2.25 bits per heavy atom. The third-order valence-electron chi connectivity index (χ3n) is 6.74. The summed E-state index contributed by atoms with van der Waals surface area (Å²) in [5, 5.41) is 13.1. The van der Waals surface area contributed by atoms with E-state index in [1.807, 2.05) is 30.3 Å². The Kier molecular flexibility index (Phi) is 6.65. The van der Waals surface area contributed by atoms with Crippen LogP contribution in [-0.2, 0) is 10.0 Å². The van der Waals surface area contributed by atoms with Crippen molar-refractivity contribution >= 4 is 61.0 Å². The zero-order valence-corrected chi connectivity index (χ0v) is 22.7. The predicted molar refractivity (Wildman–Crippen MR) is 155 cm³/mol. The Morgan fingerprint density at radius 1 is 0.825 bits per heavy atom. The quantitative estimate of drug-likeness (QED) is 0.183. The Balaban J connectivity index is 1.24. The lowest BCUT2D eigenvalue weighted by molar-refractivity contribution is 0.0654. The van der Waals surface area contributed by atoms with Gasteiger partial charge in [0.25, 0.3) is 11.8 Å². The Labute approximate surface area is 234 Å². The van der Waals surface area contributed by atoms with Gasteiger partial charge in [0, 0.05) is 33.8 Å². The maximum atomic E-state index is 13.1. The molecule has 1 aliphatic rings. The second-order valence-corrected chi connectivity index (χ2v) is 12.3. The summed E-state index contributed by atoms with van der Waals surface area (Å²) in [7, 11) is -3.86. The summed E-state index contributed by atoms with van der Waals surface area (Å²) in [5.41, 5.74) is 1.76. The largest absolute Gasteiger partial charge is 0.506 e. The second kappa shape index (κ2) is 10.3. The van der Waals surface area contributed by atoms with Gasteiger partial charge in [-0.2, -0.15) is 0 Å². The monoisotopic (exact) mass is 569 g/mol. The normalized spacial score (nSPS) is 13.2. The Bertz CT molecular complexity index is 1880. The fourth-order valence-electron chi connectivity index (χ4n) is 4.85. The van der Waals surface area contributed by atoms with Crippen LogP contribution in [0.2, 0.25) is 0 Å². The molecule has 0 bridgehead atoms. The van der Waals surface area contributed by atoms with Crippen LogP contribution in [-0.4, -0.2) is 47.5 Å². The van der Waals surface area contributed by atoms with Gasteiger partial charge in [-0.05, 0) is 36.8 Å². The van der Waals surface area contributed by atoms with Gasteiger partial charge in [0.1, 0.15) is 5.75 Å². The van der Waals surface area contributed by atoms with Gasteiger partial charge in [0.15, 0.2) is 0 Å². The number of imide groups is 1. The molecule has 1 aliphatic heterocycles. The van der Waals surface area contributed by atoms with Gasteiger partial charge in [-0.25, -0.2) is 8.42 Å². The van der Waals surface area contributed by atoms with Crippen molar-refractivity contribution < 1.29 is 23.1 Å². The zero-order chi connectivity index (χ0) is 27.9. The van der Waals surface area contributed by atoms with Gasteiger partial charge in [-0.3, -0.25) is 24.2 Å². The van der Waals surface area contributed by atoms with Gasteiger partial charge in [0.2, 0.25) is 10.0 Å². The van der Waals surface area contributed by atoms with Crippen molar-refractivity contribution in [3.8, 4) is 5.75 Å². The topological polar surface area (TPSA) is 117 Å². The molecule has 0 atom stereocenters. The molecule has 10 heteroatoms. The number of hydrogen-bond donors (Lipinski definition) is 2. The van der Waals surface area contributed by atoms with Crippen molar-refractivity contribution in [1.82, 2.24) is 9.88 Å². The minimum absolute atomic E-state index is 0.0151. The molecule has 2 N–H and O–H groups in total. The molecule has 6 rings (SSSR count). The van der Waals surface area contributed by atoms with Gasteiger partial charge in [-0.15, -0.1) is 0 Å². The van der Waals surface area contributed by atoms with Crippen LogP contribution in [0.15, 0.2) is 101 Å². The summed E-state index contributed by atoms with van der Waals surface area (Å²) >= 11 is 1.30. The van der Waals surface area contributed by atoms with Gasteiger partial charge >= 0.3 is 0 Å². The third kappa shape index (κ3) is 4.76. The first-order valence-electron chi connectivity index (χ1n) is 12.5. The van der Waals surface area contributed by atoms with E-state index in [1.54, 1.807) is 60.8 Å². The number of benzene rings is 4. The molecule has 8 nitrogen and oxygen atoms in total. The summed E-state index contributed by atoms with van der Waals surface area (Å²) in [5.74, 6) is -1.09. The number of hydrogen-bond acceptors (Lipinski definition) is 7. The van der Waals surface area contributed by atoms with Crippen LogP contribution in [0.5, 0.6) is 5.75 Å². The molecule has 0 fully saturated rings. The molecule has 0 saturated carbocycles. The molecule has 0 radical (unpaired) electrons. The lowest BCUT2D eigenvalue weighted by Gasteiger charge is -2.16. The molecule has 2 amide bonds. The summed E-state index contributed by atoms with van der Waals surface area (Å²) < 4.78 is 29.0. The molecule has 40 heavy (non-hydrogen) atoms. The van der Waals surface area contributed by atoms with E-state index in [4.69, 9.17) is 0 Å². The number of carbonyl (C=O) groups excluding carboxylic acids is 2. The molecule has 5 aromatic rings. The van der Waals surface area contributed by atoms with Crippen molar-refractivity contribution in [2.75, 3.05) is 17.0 Å². The maximum Gasteiger partial charge on any atom is 0.261 e. The Morgan fingerprint density at radius 2 is 1.50 bits per heavy atom. The predicted octanol–water partition coefficient (Wildman–Crippen LogP) is 5.67. The van der Waals surface area contributed by atoms with Crippen molar-refractivity contribution in [3.05, 3.63) is 102 Å². The third-order valence-corrected chi connectivity index (χ3v) is 9.17. The highest BCUT2D eigenvalue weighted by atomic mass is 32.2. The van der Waals surface area contributed by atoms with Gasteiger partial charge in [0.05, 0.1) is 33.0 Å². The van der Waals surface area contributed by atoms with E-state index in [9.17, 15) is 23.1 Å². The number of para-hydroxylation sites is 1. The fraction of sp³-hybridized carbons (Fsp3) is 0.100. The van der Waals surface area contributed by atoms with Crippen molar-refractivity contribution in [2.24, 2.45) is 0 Å². The van der Waals surface area contributed by atoms with Gasteiger partial charge in [-0.1, -0.05) is 66.4 Å². The number of phenolic OH excluding ortho intramolecular Hbond substituents is 1. The highest BCUT2D eigenvalue weighted by molar-refractivity contribution is 7.99. The van der Waals surface area contributed by atoms with Crippen molar-refractivity contribution in [1.29, 1.82) is 0 Å². The number of nitrogens with zero attached hydrogens (tertiary/aromatic N) is 2.